The molecule has 1 aliphatic heterocycles. The van der Waals surface area contributed by atoms with Crippen LogP contribution in [0, 0.1) is 0 Å². The third kappa shape index (κ3) is 4.41. The van der Waals surface area contributed by atoms with Gasteiger partial charge in [-0.15, -0.1) is 0 Å². The summed E-state index contributed by atoms with van der Waals surface area (Å²) in [5.74, 6) is 1.14. The van der Waals surface area contributed by atoms with Crippen LogP contribution in [0.15, 0.2) is 48.7 Å². The summed E-state index contributed by atoms with van der Waals surface area (Å²) in [5, 5.41) is 3.24. The zero-order chi connectivity index (χ0) is 20.2. The van der Waals surface area contributed by atoms with E-state index in [1.54, 1.807) is 30.5 Å². The predicted molar refractivity (Wildman–Crippen MR) is 111 cm³/mol. The molecule has 0 radical (unpaired) electrons. The Hall–Kier alpha value is -3.72. The van der Waals surface area contributed by atoms with Gasteiger partial charge in [0.25, 0.3) is 0 Å². The number of ether oxygens (including phenoxy) is 1. The molecule has 9 nitrogen and oxygen atoms in total. The van der Waals surface area contributed by atoms with Crippen LogP contribution in [0.25, 0.3) is 11.3 Å². The van der Waals surface area contributed by atoms with E-state index in [2.05, 4.69) is 20.2 Å². The lowest BCUT2D eigenvalue weighted by molar-refractivity contribution is 0.100. The van der Waals surface area contributed by atoms with E-state index in [9.17, 15) is 4.79 Å². The summed E-state index contributed by atoms with van der Waals surface area (Å²) in [4.78, 5) is 27.1. The van der Waals surface area contributed by atoms with Crippen LogP contribution in [-0.4, -0.2) is 47.2 Å². The molecule has 2 aromatic heterocycles. The average molecular weight is 391 g/mol. The maximum atomic E-state index is 11.5. The van der Waals surface area contributed by atoms with E-state index in [1.165, 1.54) is 0 Å². The minimum absolute atomic E-state index is 0.417. The highest BCUT2D eigenvalue weighted by Crippen LogP contribution is 2.25. The number of benzene rings is 1. The number of nitrogens with one attached hydrogen (secondary N) is 1. The number of pyridine rings is 1. The van der Waals surface area contributed by atoms with Gasteiger partial charge in [-0.3, -0.25) is 4.79 Å². The standard InChI is InChI=1S/C20H21N7O2/c21-17-5-4-14(12-23-17)16-11-18(24-15-3-1-2-13(10-15)19(22)28)26-20(25-16)27-6-8-29-9-7-27/h1-5,10-12H,6-9H2,(H2,21,23)(H2,22,28)(H,24,25,26). The predicted octanol–water partition coefficient (Wildman–Crippen LogP) is 1.80. The summed E-state index contributed by atoms with van der Waals surface area (Å²) < 4.78 is 5.43. The van der Waals surface area contributed by atoms with Gasteiger partial charge in [-0.2, -0.15) is 4.98 Å². The maximum absolute atomic E-state index is 11.5. The highest BCUT2D eigenvalue weighted by Gasteiger charge is 2.17. The van der Waals surface area contributed by atoms with Crippen molar-refractivity contribution in [1.82, 2.24) is 15.0 Å². The molecule has 9 heteroatoms. The monoisotopic (exact) mass is 391 g/mol. The fourth-order valence-electron chi connectivity index (χ4n) is 3.01. The summed E-state index contributed by atoms with van der Waals surface area (Å²) in [6.07, 6.45) is 1.68. The molecule has 0 saturated carbocycles. The molecule has 148 valence electrons. The molecule has 1 amide bonds. The molecule has 4 rings (SSSR count). The summed E-state index contributed by atoms with van der Waals surface area (Å²) in [5.41, 5.74) is 13.7. The number of nitrogens with zero attached hydrogens (tertiary/aromatic N) is 4. The number of amides is 1. The average Bonchev–Trinajstić information content (AvgIpc) is 2.75. The number of primary amides is 1. The van der Waals surface area contributed by atoms with Crippen molar-refractivity contribution in [1.29, 1.82) is 0 Å². The van der Waals surface area contributed by atoms with E-state index in [0.29, 0.717) is 60.8 Å². The van der Waals surface area contributed by atoms with Crippen LogP contribution >= 0.6 is 0 Å². The number of rotatable bonds is 5. The van der Waals surface area contributed by atoms with Crippen molar-refractivity contribution in [3.05, 3.63) is 54.2 Å². The number of carbonyl (C=O) groups is 1. The molecule has 0 atom stereocenters. The van der Waals surface area contributed by atoms with Crippen LogP contribution in [0.4, 0.5) is 23.3 Å². The summed E-state index contributed by atoms with van der Waals surface area (Å²) in [6, 6.07) is 12.4. The zero-order valence-corrected chi connectivity index (χ0v) is 15.7. The normalized spacial score (nSPS) is 13.9. The van der Waals surface area contributed by atoms with E-state index < -0.39 is 5.91 Å². The Balaban J connectivity index is 1.71. The van der Waals surface area contributed by atoms with Crippen LogP contribution in [0.2, 0.25) is 0 Å². The molecular weight excluding hydrogens is 370 g/mol. The van der Waals surface area contributed by atoms with Gasteiger partial charge in [0.05, 0.1) is 18.9 Å². The summed E-state index contributed by atoms with van der Waals surface area (Å²) in [7, 11) is 0. The van der Waals surface area contributed by atoms with Gasteiger partial charge in [-0.25, -0.2) is 9.97 Å². The molecule has 3 aromatic rings. The fraction of sp³-hybridized carbons (Fsp3) is 0.200. The molecule has 0 unspecified atom stereocenters. The molecule has 1 fully saturated rings. The van der Waals surface area contributed by atoms with Gasteiger partial charge in [-0.1, -0.05) is 6.07 Å². The Labute approximate surface area is 167 Å². The van der Waals surface area contributed by atoms with E-state index >= 15 is 0 Å². The third-order valence-corrected chi connectivity index (χ3v) is 4.51. The SMILES string of the molecule is NC(=O)c1cccc(Nc2cc(-c3ccc(N)nc3)nc(N3CCOCC3)n2)c1. The molecule has 1 saturated heterocycles. The molecule has 0 bridgehead atoms. The molecule has 1 aromatic carbocycles. The van der Waals surface area contributed by atoms with Crippen molar-refractivity contribution in [2.75, 3.05) is 42.3 Å². The molecular formula is C20H21N7O2. The van der Waals surface area contributed by atoms with Crippen LogP contribution in [-0.2, 0) is 4.74 Å². The number of aromatic nitrogens is 3. The van der Waals surface area contributed by atoms with Crippen LogP contribution in [0.5, 0.6) is 0 Å². The second kappa shape index (κ2) is 8.11. The first kappa shape index (κ1) is 18.6. The van der Waals surface area contributed by atoms with E-state index in [4.69, 9.17) is 21.2 Å². The zero-order valence-electron chi connectivity index (χ0n) is 15.7. The number of nitrogens with two attached hydrogens (primary N) is 2. The number of hydrogen-bond acceptors (Lipinski definition) is 8. The Bertz CT molecular complexity index is 1020. The van der Waals surface area contributed by atoms with Crippen molar-refractivity contribution >= 4 is 29.2 Å². The first-order valence-corrected chi connectivity index (χ1v) is 9.19. The number of hydrogen-bond donors (Lipinski definition) is 3. The smallest absolute Gasteiger partial charge is 0.248 e. The van der Waals surface area contributed by atoms with Gasteiger partial charge in [0.15, 0.2) is 0 Å². The Morgan fingerprint density at radius 3 is 2.66 bits per heavy atom. The van der Waals surface area contributed by atoms with E-state index in [1.807, 2.05) is 18.2 Å². The second-order valence-electron chi connectivity index (χ2n) is 6.58. The quantitative estimate of drug-likeness (QED) is 0.600. The molecule has 3 heterocycles. The fourth-order valence-corrected chi connectivity index (χ4v) is 3.01. The van der Waals surface area contributed by atoms with Gasteiger partial charge >= 0.3 is 0 Å². The number of morpholine rings is 1. The Morgan fingerprint density at radius 1 is 1.10 bits per heavy atom. The Kier molecular flexibility index (Phi) is 5.21. The maximum Gasteiger partial charge on any atom is 0.248 e. The Morgan fingerprint density at radius 2 is 1.93 bits per heavy atom. The lowest BCUT2D eigenvalue weighted by Gasteiger charge is -2.27. The summed E-state index contributed by atoms with van der Waals surface area (Å²) >= 11 is 0. The van der Waals surface area contributed by atoms with Crippen LogP contribution in [0.1, 0.15) is 10.4 Å². The number of nitrogen functional groups attached to an aromatic ring is 1. The second-order valence-corrected chi connectivity index (χ2v) is 6.58. The minimum Gasteiger partial charge on any atom is -0.384 e. The van der Waals surface area contributed by atoms with Crippen molar-refractivity contribution in [3.8, 4) is 11.3 Å². The first-order chi connectivity index (χ1) is 14.1. The van der Waals surface area contributed by atoms with E-state index in [-0.39, 0.29) is 0 Å². The number of anilines is 4. The minimum atomic E-state index is -0.487. The van der Waals surface area contributed by atoms with Crippen molar-refractivity contribution in [2.24, 2.45) is 5.73 Å². The van der Waals surface area contributed by atoms with Gasteiger partial charge in [-0.05, 0) is 30.3 Å². The van der Waals surface area contributed by atoms with Crippen molar-refractivity contribution in [3.63, 3.8) is 0 Å². The molecule has 29 heavy (non-hydrogen) atoms. The van der Waals surface area contributed by atoms with Gasteiger partial charge in [0.1, 0.15) is 11.6 Å². The summed E-state index contributed by atoms with van der Waals surface area (Å²) in [6.45, 7) is 2.67. The van der Waals surface area contributed by atoms with Gasteiger partial charge in [0, 0.05) is 42.2 Å². The van der Waals surface area contributed by atoms with Gasteiger partial charge < -0.3 is 26.4 Å². The first-order valence-electron chi connectivity index (χ1n) is 9.19. The lowest BCUT2D eigenvalue weighted by Crippen LogP contribution is -2.37. The van der Waals surface area contributed by atoms with Gasteiger partial charge in [0.2, 0.25) is 11.9 Å². The lowest BCUT2D eigenvalue weighted by atomic mass is 10.2. The molecule has 5 N–H and O–H groups in total. The molecule has 1 aliphatic rings. The van der Waals surface area contributed by atoms with E-state index in [0.717, 1.165) is 5.56 Å². The highest BCUT2D eigenvalue weighted by molar-refractivity contribution is 5.93. The highest BCUT2D eigenvalue weighted by atomic mass is 16.5. The van der Waals surface area contributed by atoms with Crippen LogP contribution in [0.3, 0.4) is 0 Å². The van der Waals surface area contributed by atoms with Crippen LogP contribution < -0.4 is 21.7 Å². The topological polar surface area (TPSA) is 132 Å². The number of carbonyl (C=O) groups excluding carboxylic acids is 1. The molecule has 0 aliphatic carbocycles. The van der Waals surface area contributed by atoms with Crippen molar-refractivity contribution < 1.29 is 9.53 Å². The molecule has 0 spiro atoms. The largest absolute Gasteiger partial charge is 0.384 e. The third-order valence-electron chi connectivity index (χ3n) is 4.51. The van der Waals surface area contributed by atoms with Crippen molar-refractivity contribution in [2.45, 2.75) is 0 Å².